The molecule has 2 fully saturated rings. The van der Waals surface area contributed by atoms with Crippen LogP contribution in [-0.4, -0.2) is 36.5 Å². The van der Waals surface area contributed by atoms with Crippen molar-refractivity contribution in [2.75, 3.05) is 13.2 Å². The minimum absolute atomic E-state index is 0.0944. The summed E-state index contributed by atoms with van der Waals surface area (Å²) in [5, 5.41) is 0. The van der Waals surface area contributed by atoms with Crippen molar-refractivity contribution in [3.63, 3.8) is 0 Å². The third-order valence-electron chi connectivity index (χ3n) is 9.10. The molecule has 2 aliphatic heterocycles. The summed E-state index contributed by atoms with van der Waals surface area (Å²) in [6.45, 7) is 21.1. The SMILES string of the molecule is Cc1cc2c(cc1C1(c3ccc(B4OC(C)(C)C(C)(C)O4)cn3)OCCCO1)C(C)(C)CCC2(C)C. The monoisotopic (exact) mass is 491 g/mol. The van der Waals surface area contributed by atoms with Gasteiger partial charge in [-0.15, -0.1) is 0 Å². The van der Waals surface area contributed by atoms with E-state index in [1.807, 2.05) is 18.3 Å². The number of aryl methyl sites for hydroxylation is 1. The van der Waals surface area contributed by atoms with E-state index in [4.69, 9.17) is 23.8 Å². The normalized spacial score (nSPS) is 25.4. The van der Waals surface area contributed by atoms with Gasteiger partial charge in [-0.25, -0.2) is 0 Å². The van der Waals surface area contributed by atoms with Crippen LogP contribution in [0.3, 0.4) is 0 Å². The minimum atomic E-state index is -1.02. The second-order valence-electron chi connectivity index (χ2n) is 13.2. The molecule has 0 saturated carbocycles. The molecule has 0 unspecified atom stereocenters. The first-order chi connectivity index (χ1) is 16.7. The van der Waals surface area contributed by atoms with Crippen molar-refractivity contribution in [3.05, 3.63) is 58.4 Å². The Hall–Kier alpha value is -1.73. The van der Waals surface area contributed by atoms with Crippen molar-refractivity contribution in [2.24, 2.45) is 0 Å². The molecule has 5 nitrogen and oxygen atoms in total. The lowest BCUT2D eigenvalue weighted by Gasteiger charge is -2.44. The quantitative estimate of drug-likeness (QED) is 0.518. The lowest BCUT2D eigenvalue weighted by Crippen LogP contribution is -2.42. The van der Waals surface area contributed by atoms with Crippen LogP contribution in [0.4, 0.5) is 0 Å². The van der Waals surface area contributed by atoms with Gasteiger partial charge in [-0.05, 0) is 93.5 Å². The zero-order valence-electron chi connectivity index (χ0n) is 23.6. The van der Waals surface area contributed by atoms with Crippen LogP contribution < -0.4 is 5.46 Å². The first-order valence-electron chi connectivity index (χ1n) is 13.4. The number of nitrogens with zero attached hydrogens (tertiary/aromatic N) is 1. The molecule has 0 radical (unpaired) electrons. The number of benzene rings is 1. The molecule has 2 aromatic rings. The zero-order chi connectivity index (χ0) is 26.1. The summed E-state index contributed by atoms with van der Waals surface area (Å²) < 4.78 is 25.5. The maximum absolute atomic E-state index is 6.51. The number of rotatable bonds is 3. The molecular weight excluding hydrogens is 449 g/mol. The number of ether oxygens (including phenoxy) is 2. The second-order valence-corrected chi connectivity index (χ2v) is 13.2. The highest BCUT2D eigenvalue weighted by Crippen LogP contribution is 2.49. The van der Waals surface area contributed by atoms with Gasteiger partial charge in [0.25, 0.3) is 0 Å². The van der Waals surface area contributed by atoms with Gasteiger partial charge in [-0.2, -0.15) is 0 Å². The summed E-state index contributed by atoms with van der Waals surface area (Å²) in [5.74, 6) is -1.02. The fourth-order valence-electron chi connectivity index (χ4n) is 5.77. The molecule has 2 saturated heterocycles. The Bertz CT molecular complexity index is 1130. The number of aromatic nitrogens is 1. The Labute approximate surface area is 217 Å². The Kier molecular flexibility index (Phi) is 6.04. The Balaban J connectivity index is 1.57. The van der Waals surface area contributed by atoms with Crippen LogP contribution >= 0.6 is 0 Å². The van der Waals surface area contributed by atoms with Gasteiger partial charge >= 0.3 is 7.12 Å². The van der Waals surface area contributed by atoms with Gasteiger partial charge in [0, 0.05) is 17.2 Å². The van der Waals surface area contributed by atoms with E-state index in [1.165, 1.54) is 23.1 Å². The van der Waals surface area contributed by atoms with Gasteiger partial charge in [0.2, 0.25) is 5.79 Å². The second kappa shape index (κ2) is 8.39. The molecule has 3 heterocycles. The van der Waals surface area contributed by atoms with E-state index in [0.717, 1.165) is 29.6 Å². The van der Waals surface area contributed by atoms with Gasteiger partial charge in [0.15, 0.2) is 0 Å². The van der Waals surface area contributed by atoms with Crippen molar-refractivity contribution in [3.8, 4) is 0 Å². The summed E-state index contributed by atoms with van der Waals surface area (Å²) in [6.07, 6.45) is 5.06. The zero-order valence-corrected chi connectivity index (χ0v) is 23.6. The van der Waals surface area contributed by atoms with Gasteiger partial charge in [0.05, 0.1) is 24.4 Å². The highest BCUT2D eigenvalue weighted by atomic mass is 16.7. The fraction of sp³-hybridized carbons (Fsp3) is 0.633. The van der Waals surface area contributed by atoms with Crippen LogP contribution in [0, 0.1) is 6.92 Å². The molecule has 0 spiro atoms. The standard InChI is InChI=1S/C30H42BNO4/c1-20-17-23-24(27(4,5)14-13-26(23,2)3)18-22(20)30(33-15-10-16-34-30)25-12-11-21(19-32-25)31-35-28(6,7)29(8,9)36-31/h11-12,17-19H,10,13-16H2,1-9H3. The molecule has 194 valence electrons. The first-order valence-corrected chi connectivity index (χ1v) is 13.4. The molecule has 1 aliphatic carbocycles. The van der Waals surface area contributed by atoms with Crippen molar-refractivity contribution < 1.29 is 18.8 Å². The summed E-state index contributed by atoms with van der Waals surface area (Å²) in [7, 11) is -0.450. The summed E-state index contributed by atoms with van der Waals surface area (Å²) in [4.78, 5) is 4.90. The number of hydrogen-bond donors (Lipinski definition) is 0. The predicted molar refractivity (Wildman–Crippen MR) is 144 cm³/mol. The highest BCUT2D eigenvalue weighted by Gasteiger charge is 2.52. The largest absolute Gasteiger partial charge is 0.496 e. The topological polar surface area (TPSA) is 49.8 Å². The van der Waals surface area contributed by atoms with Crippen LogP contribution in [0.15, 0.2) is 30.5 Å². The molecule has 5 rings (SSSR count). The van der Waals surface area contributed by atoms with Gasteiger partial charge < -0.3 is 18.8 Å². The van der Waals surface area contributed by atoms with Crippen LogP contribution in [0.25, 0.3) is 0 Å². The van der Waals surface area contributed by atoms with Crippen LogP contribution in [0.5, 0.6) is 0 Å². The van der Waals surface area contributed by atoms with Crippen LogP contribution in [0.2, 0.25) is 0 Å². The number of fused-ring (bicyclic) bond motifs is 1. The average molecular weight is 491 g/mol. The fourth-order valence-corrected chi connectivity index (χ4v) is 5.77. The maximum atomic E-state index is 6.51. The van der Waals surface area contributed by atoms with Gasteiger partial charge in [-0.1, -0.05) is 39.8 Å². The van der Waals surface area contributed by atoms with Crippen molar-refractivity contribution in [1.29, 1.82) is 0 Å². The third-order valence-corrected chi connectivity index (χ3v) is 9.10. The summed E-state index contributed by atoms with van der Waals surface area (Å²) in [5.41, 5.74) is 6.19. The van der Waals surface area contributed by atoms with Crippen molar-refractivity contribution in [1.82, 2.24) is 4.98 Å². The highest BCUT2D eigenvalue weighted by molar-refractivity contribution is 6.62. The molecule has 0 bridgehead atoms. The van der Waals surface area contributed by atoms with Gasteiger partial charge in [-0.3, -0.25) is 4.98 Å². The van der Waals surface area contributed by atoms with Crippen molar-refractivity contribution >= 4 is 12.6 Å². The molecule has 3 aliphatic rings. The van der Waals surface area contributed by atoms with E-state index in [9.17, 15) is 0 Å². The lowest BCUT2D eigenvalue weighted by atomic mass is 9.62. The molecule has 0 amide bonds. The van der Waals surface area contributed by atoms with Crippen LogP contribution in [0.1, 0.15) is 103 Å². The van der Waals surface area contributed by atoms with Crippen molar-refractivity contribution in [2.45, 2.75) is 109 Å². The van der Waals surface area contributed by atoms with E-state index in [0.29, 0.717) is 13.2 Å². The Morgan fingerprint density at radius 2 is 1.31 bits per heavy atom. The maximum Gasteiger partial charge on any atom is 0.496 e. The molecule has 36 heavy (non-hydrogen) atoms. The molecular formula is C30H42BNO4. The summed E-state index contributed by atoms with van der Waals surface area (Å²) >= 11 is 0. The number of pyridine rings is 1. The molecule has 1 aromatic heterocycles. The first kappa shape index (κ1) is 25.9. The van der Waals surface area contributed by atoms with Crippen LogP contribution in [-0.2, 0) is 35.4 Å². The van der Waals surface area contributed by atoms with E-state index in [2.05, 4.69) is 74.4 Å². The van der Waals surface area contributed by atoms with E-state index in [1.54, 1.807) is 0 Å². The third kappa shape index (κ3) is 4.05. The smallest absolute Gasteiger partial charge is 0.399 e. The molecule has 0 atom stereocenters. The lowest BCUT2D eigenvalue weighted by molar-refractivity contribution is -0.251. The summed E-state index contributed by atoms with van der Waals surface area (Å²) in [6, 6.07) is 8.77. The molecule has 1 aromatic carbocycles. The molecule has 6 heteroatoms. The van der Waals surface area contributed by atoms with E-state index < -0.39 is 24.1 Å². The number of hydrogen-bond acceptors (Lipinski definition) is 5. The average Bonchev–Trinajstić information content (AvgIpc) is 3.04. The van der Waals surface area contributed by atoms with Gasteiger partial charge in [0.1, 0.15) is 5.69 Å². The predicted octanol–water partition coefficient (Wildman–Crippen LogP) is 5.68. The Morgan fingerprint density at radius 1 is 0.750 bits per heavy atom. The van der Waals surface area contributed by atoms with E-state index in [-0.39, 0.29) is 10.8 Å². The molecule has 0 N–H and O–H groups in total. The Morgan fingerprint density at radius 3 is 1.83 bits per heavy atom. The minimum Gasteiger partial charge on any atom is -0.399 e. The van der Waals surface area contributed by atoms with E-state index >= 15 is 0 Å².